The molecule has 5 nitrogen and oxygen atoms in total. The lowest BCUT2D eigenvalue weighted by molar-refractivity contribution is 0.0683. The Labute approximate surface area is 92.4 Å². The van der Waals surface area contributed by atoms with Gasteiger partial charge in [-0.05, 0) is 12.5 Å². The van der Waals surface area contributed by atoms with Crippen molar-refractivity contribution >= 4 is 5.97 Å². The van der Waals surface area contributed by atoms with Gasteiger partial charge < -0.3 is 5.11 Å². The molecule has 0 saturated heterocycles. The minimum absolute atomic E-state index is 0.159. The van der Waals surface area contributed by atoms with Crippen LogP contribution in [0.3, 0.4) is 0 Å². The number of rotatable bonds is 3. The van der Waals surface area contributed by atoms with E-state index < -0.39 is 5.97 Å². The third-order valence-electron chi connectivity index (χ3n) is 2.22. The van der Waals surface area contributed by atoms with Crippen molar-refractivity contribution in [3.05, 3.63) is 47.5 Å². The summed E-state index contributed by atoms with van der Waals surface area (Å²) >= 11 is 0. The number of hydrogen-bond donors (Lipinski definition) is 1. The first-order valence-electron chi connectivity index (χ1n) is 4.85. The molecule has 0 unspecified atom stereocenters. The molecule has 0 radical (unpaired) electrons. The number of carboxylic acids is 1. The Morgan fingerprint density at radius 3 is 2.62 bits per heavy atom. The van der Waals surface area contributed by atoms with Crippen molar-refractivity contribution in [2.75, 3.05) is 0 Å². The first-order valence-corrected chi connectivity index (χ1v) is 4.85. The molecule has 1 aromatic heterocycles. The number of carboxylic acid groups (broad SMARTS) is 1. The topological polar surface area (TPSA) is 68.0 Å². The first-order chi connectivity index (χ1) is 7.66. The first kappa shape index (κ1) is 10.4. The van der Waals surface area contributed by atoms with Crippen LogP contribution in [0.2, 0.25) is 0 Å². The van der Waals surface area contributed by atoms with Crippen LogP contribution in [0.5, 0.6) is 0 Å². The van der Waals surface area contributed by atoms with Gasteiger partial charge in [-0.15, -0.1) is 5.10 Å². The summed E-state index contributed by atoms with van der Waals surface area (Å²) in [5.41, 5.74) is 1.06. The molecule has 2 aromatic rings. The van der Waals surface area contributed by atoms with Gasteiger partial charge in [0.2, 0.25) is 0 Å². The molecule has 0 aliphatic rings. The van der Waals surface area contributed by atoms with E-state index in [9.17, 15) is 4.79 Å². The summed E-state index contributed by atoms with van der Waals surface area (Å²) < 4.78 is 1.58. The van der Waals surface area contributed by atoms with E-state index in [0.29, 0.717) is 12.4 Å². The minimum atomic E-state index is -1.10. The number of aromatic carboxylic acids is 1. The van der Waals surface area contributed by atoms with Gasteiger partial charge in [-0.3, -0.25) is 0 Å². The number of carbonyl (C=O) groups is 1. The fraction of sp³-hybridized carbons (Fsp3) is 0.182. The molecule has 0 aliphatic carbocycles. The van der Waals surface area contributed by atoms with Crippen LogP contribution in [-0.2, 0) is 6.54 Å². The zero-order valence-electron chi connectivity index (χ0n) is 8.79. The lowest BCUT2D eigenvalue weighted by Crippen LogP contribution is -2.05. The second-order valence-corrected chi connectivity index (χ2v) is 3.43. The third kappa shape index (κ3) is 2.08. The average molecular weight is 217 g/mol. The zero-order chi connectivity index (χ0) is 11.5. The Bertz CT molecular complexity index is 505. The predicted octanol–water partition coefficient (Wildman–Crippen LogP) is 1.33. The van der Waals surface area contributed by atoms with E-state index in [-0.39, 0.29) is 5.82 Å². The summed E-state index contributed by atoms with van der Waals surface area (Å²) in [5.74, 6) is -0.662. The van der Waals surface area contributed by atoms with Gasteiger partial charge in [0, 0.05) is 0 Å². The van der Waals surface area contributed by atoms with Crippen LogP contribution >= 0.6 is 0 Å². The van der Waals surface area contributed by atoms with Crippen molar-refractivity contribution in [3.63, 3.8) is 0 Å². The minimum Gasteiger partial charge on any atom is -0.475 e. The van der Waals surface area contributed by atoms with Gasteiger partial charge in [0.25, 0.3) is 5.82 Å². The Balaban J connectivity index is 2.25. The number of hydrogen-bond acceptors (Lipinski definition) is 3. The molecule has 1 N–H and O–H groups in total. The molecule has 0 bridgehead atoms. The number of aromatic nitrogens is 3. The molecule has 16 heavy (non-hydrogen) atoms. The highest BCUT2D eigenvalue weighted by Crippen LogP contribution is 2.04. The van der Waals surface area contributed by atoms with Gasteiger partial charge in [-0.2, -0.15) is 0 Å². The van der Waals surface area contributed by atoms with E-state index in [4.69, 9.17) is 5.11 Å². The van der Waals surface area contributed by atoms with Crippen LogP contribution in [0.25, 0.3) is 0 Å². The molecule has 0 saturated carbocycles. The number of aryl methyl sites for hydroxylation is 1. The number of nitrogens with zero attached hydrogens (tertiary/aromatic N) is 3. The molecule has 1 aromatic carbocycles. The van der Waals surface area contributed by atoms with E-state index in [1.807, 2.05) is 30.3 Å². The van der Waals surface area contributed by atoms with Crippen LogP contribution in [0.1, 0.15) is 22.0 Å². The van der Waals surface area contributed by atoms with Crippen molar-refractivity contribution in [1.82, 2.24) is 14.8 Å². The Hall–Kier alpha value is -2.17. The molecule has 0 spiro atoms. The third-order valence-corrected chi connectivity index (χ3v) is 2.22. The molecule has 0 aliphatic heterocycles. The normalized spacial score (nSPS) is 10.3. The molecule has 82 valence electrons. The van der Waals surface area contributed by atoms with Gasteiger partial charge in [-0.1, -0.05) is 30.3 Å². The van der Waals surface area contributed by atoms with Crippen LogP contribution in [0.4, 0.5) is 0 Å². The van der Waals surface area contributed by atoms with Crippen LogP contribution in [-0.4, -0.2) is 25.8 Å². The standard InChI is InChI=1S/C11H11N3O2/c1-8-12-10(11(15)16)13-14(8)7-9-5-3-2-4-6-9/h2-6H,7H2,1H3,(H,15,16). The van der Waals surface area contributed by atoms with Gasteiger partial charge >= 0.3 is 5.97 Å². The van der Waals surface area contributed by atoms with Crippen molar-refractivity contribution in [1.29, 1.82) is 0 Å². The molecule has 2 rings (SSSR count). The van der Waals surface area contributed by atoms with E-state index in [0.717, 1.165) is 5.56 Å². The molecule has 0 fully saturated rings. The van der Waals surface area contributed by atoms with E-state index in [1.165, 1.54) is 0 Å². The molecule has 5 heteroatoms. The summed E-state index contributed by atoms with van der Waals surface area (Å²) in [5, 5.41) is 12.7. The summed E-state index contributed by atoms with van der Waals surface area (Å²) in [4.78, 5) is 14.5. The fourth-order valence-corrected chi connectivity index (χ4v) is 1.42. The number of benzene rings is 1. The monoisotopic (exact) mass is 217 g/mol. The Morgan fingerprint density at radius 1 is 1.38 bits per heavy atom. The van der Waals surface area contributed by atoms with Crippen molar-refractivity contribution in [2.45, 2.75) is 13.5 Å². The van der Waals surface area contributed by atoms with Gasteiger partial charge in [0.15, 0.2) is 0 Å². The summed E-state index contributed by atoms with van der Waals surface area (Å²) in [6.07, 6.45) is 0. The largest absolute Gasteiger partial charge is 0.475 e. The van der Waals surface area contributed by atoms with Crippen molar-refractivity contribution in [3.8, 4) is 0 Å². The van der Waals surface area contributed by atoms with Crippen LogP contribution < -0.4 is 0 Å². The molecular formula is C11H11N3O2. The Kier molecular flexibility index (Phi) is 2.68. The van der Waals surface area contributed by atoms with Gasteiger partial charge in [0.05, 0.1) is 6.54 Å². The second-order valence-electron chi connectivity index (χ2n) is 3.43. The summed E-state index contributed by atoms with van der Waals surface area (Å²) in [6, 6.07) is 9.71. The second kappa shape index (κ2) is 4.14. The van der Waals surface area contributed by atoms with E-state index in [2.05, 4.69) is 10.1 Å². The lowest BCUT2D eigenvalue weighted by atomic mass is 10.2. The summed E-state index contributed by atoms with van der Waals surface area (Å²) in [6.45, 7) is 2.27. The highest BCUT2D eigenvalue weighted by Gasteiger charge is 2.12. The van der Waals surface area contributed by atoms with Crippen molar-refractivity contribution in [2.24, 2.45) is 0 Å². The van der Waals surface area contributed by atoms with Gasteiger partial charge in [0.1, 0.15) is 5.82 Å². The molecule has 0 atom stereocenters. The van der Waals surface area contributed by atoms with Crippen LogP contribution in [0, 0.1) is 6.92 Å². The zero-order valence-corrected chi connectivity index (χ0v) is 8.79. The smallest absolute Gasteiger partial charge is 0.375 e. The summed E-state index contributed by atoms with van der Waals surface area (Å²) in [7, 11) is 0. The Morgan fingerprint density at radius 2 is 2.06 bits per heavy atom. The predicted molar refractivity (Wildman–Crippen MR) is 57.3 cm³/mol. The molecule has 1 heterocycles. The quantitative estimate of drug-likeness (QED) is 0.842. The van der Waals surface area contributed by atoms with Crippen LogP contribution in [0.15, 0.2) is 30.3 Å². The van der Waals surface area contributed by atoms with E-state index in [1.54, 1.807) is 11.6 Å². The fourth-order valence-electron chi connectivity index (χ4n) is 1.42. The molecule has 0 amide bonds. The SMILES string of the molecule is Cc1nc(C(=O)O)nn1Cc1ccccc1. The molecular weight excluding hydrogens is 206 g/mol. The highest BCUT2D eigenvalue weighted by atomic mass is 16.4. The average Bonchev–Trinajstić information content (AvgIpc) is 2.62. The maximum Gasteiger partial charge on any atom is 0.375 e. The maximum atomic E-state index is 10.7. The maximum absolute atomic E-state index is 10.7. The van der Waals surface area contributed by atoms with Crippen molar-refractivity contribution < 1.29 is 9.90 Å². The lowest BCUT2D eigenvalue weighted by Gasteiger charge is -2.02. The van der Waals surface area contributed by atoms with E-state index >= 15 is 0 Å². The van der Waals surface area contributed by atoms with Gasteiger partial charge in [-0.25, -0.2) is 14.5 Å². The highest BCUT2D eigenvalue weighted by molar-refractivity contribution is 5.82.